The molecule has 6 heteroatoms. The summed E-state index contributed by atoms with van der Waals surface area (Å²) in [6, 6.07) is 17.0. The van der Waals surface area contributed by atoms with E-state index in [0.717, 1.165) is 11.1 Å². The first-order valence-corrected chi connectivity index (χ1v) is 10.1. The Hall–Kier alpha value is -3.93. The number of rotatable bonds is 7. The lowest BCUT2D eigenvalue weighted by Crippen LogP contribution is -1.99. The van der Waals surface area contributed by atoms with E-state index in [2.05, 4.69) is 0 Å². The molecule has 4 rings (SSSR count). The van der Waals surface area contributed by atoms with E-state index in [9.17, 15) is 4.79 Å². The summed E-state index contributed by atoms with van der Waals surface area (Å²) in [7, 11) is 4.63. The summed E-state index contributed by atoms with van der Waals surface area (Å²) in [6.07, 6.45) is 1.66. The van der Waals surface area contributed by atoms with Crippen LogP contribution in [0, 0.1) is 6.92 Å². The SMILES string of the molecule is COc1cc(/C=C2\Oc3c(ccc(OCc4ccccc4)c3C)C2=O)cc(OC)c1OC. The van der Waals surface area contributed by atoms with Gasteiger partial charge in [0.1, 0.15) is 18.1 Å². The maximum atomic E-state index is 13.0. The zero-order chi connectivity index (χ0) is 22.7. The van der Waals surface area contributed by atoms with Gasteiger partial charge in [0.05, 0.1) is 26.9 Å². The van der Waals surface area contributed by atoms with Gasteiger partial charge >= 0.3 is 0 Å². The predicted octanol–water partition coefficient (Wildman–Crippen LogP) is 5.22. The van der Waals surface area contributed by atoms with Crippen LogP contribution in [0.4, 0.5) is 0 Å². The average molecular weight is 432 g/mol. The van der Waals surface area contributed by atoms with Crippen molar-refractivity contribution in [2.24, 2.45) is 0 Å². The molecule has 0 amide bonds. The third-order valence-corrected chi connectivity index (χ3v) is 5.26. The van der Waals surface area contributed by atoms with Crippen molar-refractivity contribution in [1.82, 2.24) is 0 Å². The third kappa shape index (κ3) is 3.99. The average Bonchev–Trinajstić information content (AvgIpc) is 3.14. The predicted molar refractivity (Wildman–Crippen MR) is 121 cm³/mol. The molecular formula is C26H24O6. The molecule has 6 nitrogen and oxygen atoms in total. The Morgan fingerprint density at radius 1 is 0.875 bits per heavy atom. The number of benzene rings is 3. The number of carbonyl (C=O) groups is 1. The molecule has 1 aliphatic rings. The maximum absolute atomic E-state index is 13.0. The van der Waals surface area contributed by atoms with Crippen molar-refractivity contribution in [2.75, 3.05) is 21.3 Å². The molecule has 1 aliphatic heterocycles. The molecule has 0 fully saturated rings. The normalized spacial score (nSPS) is 13.5. The van der Waals surface area contributed by atoms with Gasteiger partial charge in [0.2, 0.25) is 11.5 Å². The number of fused-ring (bicyclic) bond motifs is 1. The van der Waals surface area contributed by atoms with Crippen molar-refractivity contribution in [1.29, 1.82) is 0 Å². The summed E-state index contributed by atoms with van der Waals surface area (Å²) < 4.78 is 28.1. The summed E-state index contributed by atoms with van der Waals surface area (Å²) in [5.41, 5.74) is 3.04. The van der Waals surface area contributed by atoms with E-state index in [1.807, 2.05) is 37.3 Å². The number of hydrogen-bond donors (Lipinski definition) is 0. The Morgan fingerprint density at radius 3 is 2.19 bits per heavy atom. The highest BCUT2D eigenvalue weighted by atomic mass is 16.5. The van der Waals surface area contributed by atoms with Crippen LogP contribution < -0.4 is 23.7 Å². The van der Waals surface area contributed by atoms with Crippen LogP contribution in [0.25, 0.3) is 6.08 Å². The first-order chi connectivity index (χ1) is 15.5. The fraction of sp³-hybridized carbons (Fsp3) is 0.192. The van der Waals surface area contributed by atoms with Crippen molar-refractivity contribution in [2.45, 2.75) is 13.5 Å². The molecule has 0 atom stereocenters. The number of allylic oxidation sites excluding steroid dienone is 1. The van der Waals surface area contributed by atoms with E-state index >= 15 is 0 Å². The molecule has 3 aromatic carbocycles. The first-order valence-electron chi connectivity index (χ1n) is 10.1. The molecule has 0 bridgehead atoms. The van der Waals surface area contributed by atoms with Crippen LogP contribution >= 0.6 is 0 Å². The Kier molecular flexibility index (Phi) is 6.03. The van der Waals surface area contributed by atoms with Crippen LogP contribution in [0.1, 0.15) is 27.0 Å². The molecule has 0 aromatic heterocycles. The van der Waals surface area contributed by atoms with E-state index in [1.165, 1.54) is 0 Å². The van der Waals surface area contributed by atoms with Gasteiger partial charge in [0, 0.05) is 5.56 Å². The Bertz CT molecular complexity index is 1160. The van der Waals surface area contributed by atoms with E-state index in [1.54, 1.807) is 51.7 Å². The lowest BCUT2D eigenvalue weighted by atomic mass is 10.1. The van der Waals surface area contributed by atoms with Crippen LogP contribution in [0.3, 0.4) is 0 Å². The van der Waals surface area contributed by atoms with Crippen LogP contribution in [-0.2, 0) is 6.61 Å². The molecule has 0 saturated carbocycles. The van der Waals surface area contributed by atoms with Gasteiger partial charge in [0.25, 0.3) is 0 Å². The molecule has 3 aromatic rings. The summed E-state index contributed by atoms with van der Waals surface area (Å²) in [5, 5.41) is 0. The Balaban J connectivity index is 1.62. The molecule has 0 radical (unpaired) electrons. The second-order valence-corrected chi connectivity index (χ2v) is 7.24. The van der Waals surface area contributed by atoms with Crippen molar-refractivity contribution in [3.05, 3.63) is 82.6 Å². The van der Waals surface area contributed by atoms with E-state index in [-0.39, 0.29) is 11.5 Å². The summed E-state index contributed by atoms with van der Waals surface area (Å²) >= 11 is 0. The van der Waals surface area contributed by atoms with Crippen molar-refractivity contribution >= 4 is 11.9 Å². The van der Waals surface area contributed by atoms with Crippen molar-refractivity contribution in [3.8, 4) is 28.7 Å². The molecule has 0 spiro atoms. The van der Waals surface area contributed by atoms with Crippen molar-refractivity contribution in [3.63, 3.8) is 0 Å². The first kappa shape index (κ1) is 21.3. The van der Waals surface area contributed by atoms with Crippen LogP contribution in [0.2, 0.25) is 0 Å². The standard InChI is InChI=1S/C26H24O6/c1-16-20(31-15-17-8-6-5-7-9-17)11-10-19-24(27)21(32-25(16)19)12-18-13-22(28-2)26(30-4)23(14-18)29-3/h5-14H,15H2,1-4H3/b21-12-. The van der Waals surface area contributed by atoms with Gasteiger partial charge in [-0.25, -0.2) is 0 Å². The van der Waals surface area contributed by atoms with Gasteiger partial charge in [-0.2, -0.15) is 0 Å². The van der Waals surface area contributed by atoms with Crippen LogP contribution in [0.5, 0.6) is 28.7 Å². The zero-order valence-electron chi connectivity index (χ0n) is 18.4. The van der Waals surface area contributed by atoms with E-state index < -0.39 is 0 Å². The molecule has 0 unspecified atom stereocenters. The monoisotopic (exact) mass is 432 g/mol. The lowest BCUT2D eigenvalue weighted by Gasteiger charge is -2.13. The van der Waals surface area contributed by atoms with Crippen LogP contribution in [-0.4, -0.2) is 27.1 Å². The topological polar surface area (TPSA) is 63.2 Å². The molecule has 164 valence electrons. The highest BCUT2D eigenvalue weighted by Gasteiger charge is 2.30. The molecule has 0 aliphatic carbocycles. The molecule has 1 heterocycles. The third-order valence-electron chi connectivity index (χ3n) is 5.26. The second kappa shape index (κ2) is 9.06. The fourth-order valence-electron chi connectivity index (χ4n) is 3.60. The van der Waals surface area contributed by atoms with Gasteiger partial charge in [-0.15, -0.1) is 0 Å². The number of Topliss-reactive ketones (excluding diaryl/α,β-unsaturated/α-hetero) is 1. The Labute approximate surface area is 186 Å². The maximum Gasteiger partial charge on any atom is 0.231 e. The zero-order valence-corrected chi connectivity index (χ0v) is 18.4. The van der Waals surface area contributed by atoms with Gasteiger partial charge in [0.15, 0.2) is 17.3 Å². The number of methoxy groups -OCH3 is 3. The number of ketones is 1. The molecular weight excluding hydrogens is 408 g/mol. The Morgan fingerprint density at radius 2 is 1.56 bits per heavy atom. The quantitative estimate of drug-likeness (QED) is 0.477. The van der Waals surface area contributed by atoms with E-state index in [0.29, 0.717) is 46.5 Å². The summed E-state index contributed by atoms with van der Waals surface area (Å²) in [4.78, 5) is 13.0. The number of hydrogen-bond acceptors (Lipinski definition) is 6. The summed E-state index contributed by atoms with van der Waals surface area (Å²) in [5.74, 6) is 2.69. The summed E-state index contributed by atoms with van der Waals surface area (Å²) in [6.45, 7) is 2.32. The largest absolute Gasteiger partial charge is 0.493 e. The molecule has 32 heavy (non-hydrogen) atoms. The fourth-order valence-corrected chi connectivity index (χ4v) is 3.60. The smallest absolute Gasteiger partial charge is 0.231 e. The van der Waals surface area contributed by atoms with Gasteiger partial charge in [-0.05, 0) is 48.4 Å². The van der Waals surface area contributed by atoms with E-state index in [4.69, 9.17) is 23.7 Å². The number of ether oxygens (including phenoxy) is 5. The minimum atomic E-state index is -0.188. The van der Waals surface area contributed by atoms with Gasteiger partial charge < -0.3 is 23.7 Å². The molecule has 0 saturated heterocycles. The lowest BCUT2D eigenvalue weighted by molar-refractivity contribution is 0.101. The highest BCUT2D eigenvalue weighted by Crippen LogP contribution is 2.41. The highest BCUT2D eigenvalue weighted by molar-refractivity contribution is 6.15. The minimum Gasteiger partial charge on any atom is -0.493 e. The molecule has 0 N–H and O–H groups in total. The van der Waals surface area contributed by atoms with Gasteiger partial charge in [-0.1, -0.05) is 30.3 Å². The van der Waals surface area contributed by atoms with Gasteiger partial charge in [-0.3, -0.25) is 4.79 Å². The van der Waals surface area contributed by atoms with Crippen LogP contribution in [0.15, 0.2) is 60.4 Å². The minimum absolute atomic E-state index is 0.188. The number of carbonyl (C=O) groups excluding carboxylic acids is 1. The van der Waals surface area contributed by atoms with Crippen molar-refractivity contribution < 1.29 is 28.5 Å². The second-order valence-electron chi connectivity index (χ2n) is 7.24.